The van der Waals surface area contributed by atoms with E-state index >= 15 is 0 Å². The van der Waals surface area contributed by atoms with Crippen LogP contribution in [-0.2, 0) is 19.2 Å². The van der Waals surface area contributed by atoms with Gasteiger partial charge in [-0.15, -0.1) is 0 Å². The standard InChI is InChI=1S/2C9H13.Ti.2H/c2*1-6-5-7(2)9(4)8(6)3;;;/h2*6H,1-4H3;;;/q;;;2*-1. The Morgan fingerprint density at radius 2 is 0.947 bits per heavy atom. The first-order valence-electron chi connectivity index (χ1n) is 7.31. The van der Waals surface area contributed by atoms with Gasteiger partial charge in [-0.1, -0.05) is 0 Å². The van der Waals surface area contributed by atoms with Gasteiger partial charge >= 0.3 is 128 Å². The van der Waals surface area contributed by atoms with Gasteiger partial charge in [-0.3, -0.25) is 0 Å². The third kappa shape index (κ3) is 2.28. The van der Waals surface area contributed by atoms with Crippen molar-refractivity contribution in [3.63, 3.8) is 0 Å². The van der Waals surface area contributed by atoms with Gasteiger partial charge in [0.2, 0.25) is 0 Å². The van der Waals surface area contributed by atoms with Crippen molar-refractivity contribution in [2.75, 3.05) is 0 Å². The van der Waals surface area contributed by atoms with Gasteiger partial charge in [-0.05, 0) is 0 Å². The molecule has 0 aliphatic heterocycles. The topological polar surface area (TPSA) is 0 Å². The zero-order chi connectivity index (χ0) is 14.5. The number of hydrogen-bond donors (Lipinski definition) is 0. The summed E-state index contributed by atoms with van der Waals surface area (Å²) in [5.41, 5.74) is 9.50. The Hall–Kier alpha value is -0.326. The van der Waals surface area contributed by atoms with Crippen molar-refractivity contribution >= 4 is 0 Å². The molecule has 2 rings (SSSR count). The van der Waals surface area contributed by atoms with Gasteiger partial charge in [0.05, 0.1) is 0 Å². The van der Waals surface area contributed by atoms with Crippen molar-refractivity contribution in [2.45, 2.75) is 55.4 Å². The van der Waals surface area contributed by atoms with Crippen LogP contribution in [-0.4, -0.2) is 0 Å². The molecule has 2 atom stereocenters. The minimum absolute atomic E-state index is 0. The maximum absolute atomic E-state index is 2.40. The molecule has 0 heterocycles. The molecular formula is C18H28Ti-2. The molecule has 1 heteroatoms. The molecule has 19 heavy (non-hydrogen) atoms. The summed E-state index contributed by atoms with van der Waals surface area (Å²) in [4.78, 5) is 0. The second-order valence-corrected chi connectivity index (χ2v) is 8.33. The molecule has 2 aliphatic carbocycles. The average Bonchev–Trinajstić information content (AvgIpc) is 2.68. The zero-order valence-corrected chi connectivity index (χ0v) is 15.2. The quantitative estimate of drug-likeness (QED) is 0.563. The number of rotatable bonds is 2. The Morgan fingerprint density at radius 3 is 1.16 bits per heavy atom. The van der Waals surface area contributed by atoms with E-state index in [-0.39, 0.29) is 22.0 Å². The van der Waals surface area contributed by atoms with Crippen LogP contribution >= 0.6 is 0 Å². The van der Waals surface area contributed by atoms with Gasteiger partial charge in [0.25, 0.3) is 0 Å². The smallest absolute Gasteiger partial charge is 1.00 e. The fourth-order valence-electron chi connectivity index (χ4n) is 3.28. The van der Waals surface area contributed by atoms with Crippen LogP contribution in [0.3, 0.4) is 0 Å². The Bertz CT molecular complexity index is 512. The maximum Gasteiger partial charge on any atom is -1.00 e. The predicted octanol–water partition coefficient (Wildman–Crippen LogP) is 5.81. The van der Waals surface area contributed by atoms with Crippen molar-refractivity contribution in [3.8, 4) is 0 Å². The van der Waals surface area contributed by atoms with Gasteiger partial charge in [0.15, 0.2) is 0 Å². The largest absolute Gasteiger partial charge is 1.00 e. The molecule has 0 amide bonds. The van der Waals surface area contributed by atoms with Crippen molar-refractivity contribution < 1.29 is 22.0 Å². The molecule has 0 aromatic rings. The van der Waals surface area contributed by atoms with Crippen LogP contribution in [0.25, 0.3) is 0 Å². The van der Waals surface area contributed by atoms with E-state index in [1.54, 1.807) is 41.2 Å². The van der Waals surface area contributed by atoms with E-state index in [4.69, 9.17) is 0 Å². The Labute approximate surface area is 130 Å². The second kappa shape index (κ2) is 5.22. The molecule has 0 nitrogen and oxygen atoms in total. The number of allylic oxidation sites excluding steroid dienone is 8. The summed E-state index contributed by atoms with van der Waals surface area (Å²) in [5.74, 6) is 1.38. The van der Waals surface area contributed by atoms with Crippen molar-refractivity contribution in [1.29, 1.82) is 0 Å². The summed E-state index contributed by atoms with van der Waals surface area (Å²) in [6.45, 7) is 18.7. The maximum atomic E-state index is 2.40. The Kier molecular flexibility index (Phi) is 4.14. The number of hydrogen-bond acceptors (Lipinski definition) is 0. The van der Waals surface area contributed by atoms with Crippen LogP contribution in [0.2, 0.25) is 0 Å². The molecule has 0 saturated carbocycles. The molecule has 0 aromatic heterocycles. The van der Waals surface area contributed by atoms with Crippen LogP contribution in [0.1, 0.15) is 58.2 Å². The minimum atomic E-state index is -0.132. The summed E-state index contributed by atoms with van der Waals surface area (Å²) < 4.78 is 3.55. The normalized spacial score (nSPS) is 28.2. The molecule has 0 bridgehead atoms. The predicted molar refractivity (Wildman–Crippen MR) is 82.7 cm³/mol. The molecular weight excluding hydrogens is 264 g/mol. The molecule has 0 radical (unpaired) electrons. The van der Waals surface area contributed by atoms with E-state index in [9.17, 15) is 0 Å². The summed E-state index contributed by atoms with van der Waals surface area (Å²) in [6, 6.07) is 0. The molecule has 0 spiro atoms. The van der Waals surface area contributed by atoms with E-state index < -0.39 is 0 Å². The summed E-state index contributed by atoms with van der Waals surface area (Å²) >= 11 is -0.132. The molecule has 0 fully saturated rings. The van der Waals surface area contributed by atoms with Gasteiger partial charge in [-0.2, -0.15) is 0 Å². The van der Waals surface area contributed by atoms with E-state index in [1.165, 1.54) is 0 Å². The van der Waals surface area contributed by atoms with E-state index in [0.29, 0.717) is 11.8 Å². The summed E-state index contributed by atoms with van der Waals surface area (Å²) in [5, 5.41) is 0. The third-order valence-electron chi connectivity index (χ3n) is 5.55. The van der Waals surface area contributed by atoms with Crippen molar-refractivity contribution in [2.24, 2.45) is 11.8 Å². The third-order valence-corrected chi connectivity index (χ3v) is 8.92. The fourth-order valence-corrected chi connectivity index (χ4v) is 6.25. The molecule has 106 valence electrons. The van der Waals surface area contributed by atoms with Crippen LogP contribution in [0.15, 0.2) is 41.2 Å². The van der Waals surface area contributed by atoms with Crippen molar-refractivity contribution in [3.05, 3.63) is 41.2 Å². The molecule has 0 N–H and O–H groups in total. The van der Waals surface area contributed by atoms with E-state index in [1.807, 2.05) is 0 Å². The molecule has 0 saturated heterocycles. The van der Waals surface area contributed by atoms with Crippen LogP contribution < -0.4 is 0 Å². The van der Waals surface area contributed by atoms with Gasteiger partial charge in [-0.25, -0.2) is 0 Å². The molecule has 0 aromatic carbocycles. The first kappa shape index (κ1) is 15.1. The second-order valence-electron chi connectivity index (χ2n) is 6.26. The van der Waals surface area contributed by atoms with E-state index in [2.05, 4.69) is 55.4 Å². The average molecular weight is 292 g/mol. The van der Waals surface area contributed by atoms with Gasteiger partial charge < -0.3 is 2.85 Å². The molecule has 2 aliphatic rings. The first-order valence-corrected chi connectivity index (χ1v) is 8.87. The summed E-state index contributed by atoms with van der Waals surface area (Å²) in [7, 11) is 0. The Balaban J connectivity index is 0.00000200. The minimum Gasteiger partial charge on any atom is -1.00 e. The van der Waals surface area contributed by atoms with Gasteiger partial charge in [0, 0.05) is 0 Å². The SMILES string of the molecule is CC1=C(C)C(C)[C]([Ti][C]2=C(C)C(C)=C(C)C2C)=C1C.[H-].[H-]. The molecule has 2 unspecified atom stereocenters. The first-order chi connectivity index (χ1) is 8.77. The van der Waals surface area contributed by atoms with Crippen LogP contribution in [0, 0.1) is 11.8 Å². The van der Waals surface area contributed by atoms with Crippen LogP contribution in [0.5, 0.6) is 0 Å². The van der Waals surface area contributed by atoms with E-state index in [0.717, 1.165) is 0 Å². The van der Waals surface area contributed by atoms with Gasteiger partial charge in [0.1, 0.15) is 0 Å². The van der Waals surface area contributed by atoms with Crippen molar-refractivity contribution in [1.82, 2.24) is 0 Å². The fraction of sp³-hybridized carbons (Fsp3) is 0.556. The summed E-state index contributed by atoms with van der Waals surface area (Å²) in [6.07, 6.45) is 0. The monoisotopic (exact) mass is 292 g/mol. The Morgan fingerprint density at radius 1 is 0.632 bits per heavy atom. The zero-order valence-electron chi connectivity index (χ0n) is 15.7. The van der Waals surface area contributed by atoms with Crippen LogP contribution in [0.4, 0.5) is 0 Å².